The van der Waals surface area contributed by atoms with Gasteiger partial charge in [-0.15, -0.1) is 0 Å². The van der Waals surface area contributed by atoms with Crippen LogP contribution >= 0.6 is 11.3 Å². The van der Waals surface area contributed by atoms with Crippen molar-refractivity contribution in [3.05, 3.63) is 64.5 Å². The fraction of sp³-hybridized carbons (Fsp3) is 0.125. The van der Waals surface area contributed by atoms with Gasteiger partial charge in [-0.2, -0.15) is 11.3 Å². The van der Waals surface area contributed by atoms with Crippen molar-refractivity contribution in [2.45, 2.75) is 6.42 Å². The van der Waals surface area contributed by atoms with Gasteiger partial charge in [-0.25, -0.2) is 0 Å². The van der Waals surface area contributed by atoms with Gasteiger partial charge in [0.25, 0.3) is 5.91 Å². The molecule has 5 heteroatoms. The van der Waals surface area contributed by atoms with Gasteiger partial charge in [-0.3, -0.25) is 4.79 Å². The van der Waals surface area contributed by atoms with Crippen LogP contribution < -0.4 is 5.32 Å². The van der Waals surface area contributed by atoms with E-state index in [9.17, 15) is 4.79 Å². The molecule has 106 valence electrons. The molecule has 0 fully saturated rings. The summed E-state index contributed by atoms with van der Waals surface area (Å²) in [7, 11) is 0. The van der Waals surface area contributed by atoms with Gasteiger partial charge in [-0.1, -0.05) is 35.5 Å². The van der Waals surface area contributed by atoms with Crippen LogP contribution in [0.1, 0.15) is 16.1 Å². The van der Waals surface area contributed by atoms with E-state index < -0.39 is 0 Å². The van der Waals surface area contributed by atoms with Gasteiger partial charge in [0, 0.05) is 18.2 Å². The highest BCUT2D eigenvalue weighted by Gasteiger charge is 2.13. The number of hydrogen-bond acceptors (Lipinski definition) is 4. The van der Waals surface area contributed by atoms with Crippen molar-refractivity contribution < 1.29 is 9.32 Å². The lowest BCUT2D eigenvalue weighted by molar-refractivity contribution is 0.0945. The molecule has 2 aromatic heterocycles. The molecule has 2 heterocycles. The zero-order chi connectivity index (χ0) is 14.5. The number of rotatable bonds is 5. The van der Waals surface area contributed by atoms with Crippen LogP contribution in [0.5, 0.6) is 0 Å². The third kappa shape index (κ3) is 3.38. The minimum absolute atomic E-state index is 0.212. The van der Waals surface area contributed by atoms with Crippen LogP contribution in [0.3, 0.4) is 0 Å². The van der Waals surface area contributed by atoms with E-state index in [0.29, 0.717) is 18.0 Å². The predicted octanol–water partition coefficient (Wildman–Crippen LogP) is 3.38. The van der Waals surface area contributed by atoms with Crippen LogP contribution in [0.2, 0.25) is 0 Å². The molecule has 21 heavy (non-hydrogen) atoms. The average molecular weight is 298 g/mol. The van der Waals surface area contributed by atoms with Crippen molar-refractivity contribution in [1.82, 2.24) is 10.5 Å². The molecule has 0 saturated carbocycles. The fourth-order valence-electron chi connectivity index (χ4n) is 1.97. The highest BCUT2D eigenvalue weighted by atomic mass is 32.1. The van der Waals surface area contributed by atoms with Gasteiger partial charge in [-0.05, 0) is 28.8 Å². The van der Waals surface area contributed by atoms with Crippen LogP contribution in [0, 0.1) is 0 Å². The predicted molar refractivity (Wildman–Crippen MR) is 82.3 cm³/mol. The molecule has 0 aliphatic heterocycles. The van der Waals surface area contributed by atoms with Crippen LogP contribution in [0.25, 0.3) is 11.3 Å². The standard InChI is InChI=1S/C16H14N2O2S/c19-16(17-8-6-12-7-9-21-11-12)14-10-15(20-18-14)13-4-2-1-3-5-13/h1-5,7,9-11H,6,8H2,(H,17,19). The molecular formula is C16H14N2O2S. The van der Waals surface area contributed by atoms with Crippen LogP contribution in [-0.2, 0) is 6.42 Å². The summed E-state index contributed by atoms with van der Waals surface area (Å²) in [6.45, 7) is 0.586. The summed E-state index contributed by atoms with van der Waals surface area (Å²) in [6.07, 6.45) is 0.818. The van der Waals surface area contributed by atoms with Gasteiger partial charge >= 0.3 is 0 Å². The van der Waals surface area contributed by atoms with Crippen LogP contribution in [-0.4, -0.2) is 17.6 Å². The summed E-state index contributed by atoms with van der Waals surface area (Å²) < 4.78 is 5.21. The van der Waals surface area contributed by atoms with E-state index in [4.69, 9.17) is 4.52 Å². The quantitative estimate of drug-likeness (QED) is 0.785. The molecule has 4 nitrogen and oxygen atoms in total. The van der Waals surface area contributed by atoms with E-state index in [0.717, 1.165) is 12.0 Å². The lowest BCUT2D eigenvalue weighted by Gasteiger charge is -2.00. The number of carbonyl (C=O) groups excluding carboxylic acids is 1. The molecule has 0 bridgehead atoms. The first-order valence-electron chi connectivity index (χ1n) is 6.64. The lowest BCUT2D eigenvalue weighted by atomic mass is 10.1. The Morgan fingerprint density at radius 2 is 2.10 bits per heavy atom. The van der Waals surface area contributed by atoms with Crippen molar-refractivity contribution in [2.75, 3.05) is 6.54 Å². The first-order valence-corrected chi connectivity index (χ1v) is 7.58. The molecule has 0 spiro atoms. The molecule has 3 aromatic rings. The Morgan fingerprint density at radius 3 is 2.86 bits per heavy atom. The number of nitrogens with zero attached hydrogens (tertiary/aromatic N) is 1. The Kier molecular flexibility index (Phi) is 4.12. The number of amides is 1. The third-order valence-electron chi connectivity index (χ3n) is 3.08. The Morgan fingerprint density at radius 1 is 1.24 bits per heavy atom. The van der Waals surface area contributed by atoms with Gasteiger partial charge in [0.2, 0.25) is 0 Å². The van der Waals surface area contributed by atoms with Crippen LogP contribution in [0.15, 0.2) is 57.7 Å². The normalized spacial score (nSPS) is 10.5. The second kappa shape index (κ2) is 6.37. The molecule has 1 aromatic carbocycles. The van der Waals surface area contributed by atoms with Crippen molar-refractivity contribution in [3.63, 3.8) is 0 Å². The molecule has 1 amide bonds. The monoisotopic (exact) mass is 298 g/mol. The first kappa shape index (κ1) is 13.6. The topological polar surface area (TPSA) is 55.1 Å². The van der Waals surface area contributed by atoms with E-state index in [1.54, 1.807) is 17.4 Å². The maximum atomic E-state index is 12.0. The second-order valence-electron chi connectivity index (χ2n) is 4.58. The zero-order valence-corrected chi connectivity index (χ0v) is 12.1. The van der Waals surface area contributed by atoms with Gasteiger partial charge < -0.3 is 9.84 Å². The molecule has 0 saturated heterocycles. The summed E-state index contributed by atoms with van der Waals surface area (Å²) in [5.41, 5.74) is 2.44. The molecule has 1 N–H and O–H groups in total. The summed E-state index contributed by atoms with van der Waals surface area (Å²) in [5, 5.41) is 10.8. The first-order chi connectivity index (χ1) is 10.3. The minimum Gasteiger partial charge on any atom is -0.355 e. The van der Waals surface area contributed by atoms with E-state index >= 15 is 0 Å². The van der Waals surface area contributed by atoms with Gasteiger partial charge in [0.05, 0.1) is 0 Å². The lowest BCUT2D eigenvalue weighted by Crippen LogP contribution is -2.25. The number of benzene rings is 1. The summed E-state index contributed by atoms with van der Waals surface area (Å²) in [6, 6.07) is 13.3. The number of carbonyl (C=O) groups is 1. The SMILES string of the molecule is O=C(NCCc1ccsc1)c1cc(-c2ccccc2)on1. The van der Waals surface area contributed by atoms with Crippen molar-refractivity contribution >= 4 is 17.2 Å². The Hall–Kier alpha value is -2.40. The highest BCUT2D eigenvalue weighted by Crippen LogP contribution is 2.19. The number of nitrogens with one attached hydrogen (secondary N) is 1. The van der Waals surface area contributed by atoms with Gasteiger partial charge in [0.1, 0.15) is 0 Å². The van der Waals surface area contributed by atoms with Crippen molar-refractivity contribution in [1.29, 1.82) is 0 Å². The average Bonchev–Trinajstić information content (AvgIpc) is 3.20. The second-order valence-corrected chi connectivity index (χ2v) is 5.36. The summed E-state index contributed by atoms with van der Waals surface area (Å²) >= 11 is 1.66. The van der Waals surface area contributed by atoms with Crippen molar-refractivity contribution in [3.8, 4) is 11.3 Å². The van der Waals surface area contributed by atoms with E-state index in [1.807, 2.05) is 35.7 Å². The molecule has 3 rings (SSSR count). The molecule has 0 unspecified atom stereocenters. The van der Waals surface area contributed by atoms with E-state index in [2.05, 4.69) is 21.9 Å². The number of aromatic nitrogens is 1. The third-order valence-corrected chi connectivity index (χ3v) is 3.81. The van der Waals surface area contributed by atoms with E-state index in [-0.39, 0.29) is 5.91 Å². The minimum atomic E-state index is -0.212. The highest BCUT2D eigenvalue weighted by molar-refractivity contribution is 7.07. The van der Waals surface area contributed by atoms with E-state index in [1.165, 1.54) is 5.56 Å². The largest absolute Gasteiger partial charge is 0.355 e. The Balaban J connectivity index is 1.59. The molecule has 0 radical (unpaired) electrons. The summed E-state index contributed by atoms with van der Waals surface area (Å²) in [5.74, 6) is 0.384. The van der Waals surface area contributed by atoms with Gasteiger partial charge in [0.15, 0.2) is 11.5 Å². The maximum Gasteiger partial charge on any atom is 0.273 e. The van der Waals surface area contributed by atoms with Crippen molar-refractivity contribution in [2.24, 2.45) is 0 Å². The molecule has 0 aliphatic carbocycles. The summed E-state index contributed by atoms with van der Waals surface area (Å²) in [4.78, 5) is 12.0. The zero-order valence-electron chi connectivity index (χ0n) is 11.3. The van der Waals surface area contributed by atoms with Crippen LogP contribution in [0.4, 0.5) is 0 Å². The molecule has 0 aliphatic rings. The Bertz CT molecular complexity index is 705. The molecular weight excluding hydrogens is 284 g/mol. The fourth-order valence-corrected chi connectivity index (χ4v) is 2.67. The maximum absolute atomic E-state index is 12.0. The Labute approximate surface area is 126 Å². The smallest absolute Gasteiger partial charge is 0.273 e. The molecule has 0 atom stereocenters. The number of hydrogen-bond donors (Lipinski definition) is 1. The number of thiophene rings is 1.